The predicted molar refractivity (Wildman–Crippen MR) is 364 cm³/mol. The van der Waals surface area contributed by atoms with Crippen LogP contribution in [0.5, 0.6) is 11.5 Å². The number of aliphatic carboxylic acids is 1. The molecule has 7 amide bonds. The maximum absolute atomic E-state index is 14.3. The summed E-state index contributed by atoms with van der Waals surface area (Å²) in [6.07, 6.45) is -6.43. The number of rotatable bonds is 21. The SMILES string of the molecule is COc1ccc(-c2nnn([C@@H]3C[C@@H](C(=O)N[C@]4(C(=O)NS(=O)(=O)C5CC5)C[C@H]4C(F)F)N(C(=O)[C@@H](NC(=O)OC(C)(C)C)C(C)(C)C)C3)n2)cc1.COc1ccc(-c2nnn([C@@H]3C[C@@H](C(=O)O)N(C(=O)[C@@H](NC(=O)OC(C)(C)C)C(C)(C)C)C3)n2)cc1.Cl.N[C@]1(C(=O)NS(=O)(=O)C2CC2)C[C@H]1C(F)F. The molecule has 8 N–H and O–H groups in total. The molecule has 4 saturated carbocycles. The lowest BCUT2D eigenvalue weighted by Gasteiger charge is -2.36. The zero-order valence-corrected chi connectivity index (χ0v) is 62.3. The molecule has 40 heteroatoms. The van der Waals surface area contributed by atoms with Gasteiger partial charge < -0.3 is 55.5 Å². The number of nitrogens with one attached hydrogen (secondary N) is 5. The largest absolute Gasteiger partial charge is 0.497 e. The minimum atomic E-state index is -4.13. The number of alkyl carbamates (subject to hydrolysis) is 2. The maximum atomic E-state index is 14.3. The molecule has 0 unspecified atom stereocenters. The Labute approximate surface area is 604 Å². The summed E-state index contributed by atoms with van der Waals surface area (Å²) < 4.78 is 125. The van der Waals surface area contributed by atoms with Crippen LogP contribution in [-0.2, 0) is 58.3 Å². The predicted octanol–water partition coefficient (Wildman–Crippen LogP) is 4.69. The fraction of sp³-hybridized carbons (Fsp3) is 0.656. The van der Waals surface area contributed by atoms with Crippen molar-refractivity contribution < 1.29 is 96.8 Å². The van der Waals surface area contributed by atoms with Gasteiger partial charge in [-0.2, -0.15) is 9.59 Å². The van der Waals surface area contributed by atoms with Crippen molar-refractivity contribution in [2.75, 3.05) is 27.3 Å². The normalized spacial score (nSPS) is 23.6. The van der Waals surface area contributed by atoms with Crippen LogP contribution in [0.2, 0.25) is 0 Å². The van der Waals surface area contributed by atoms with Gasteiger partial charge in [-0.15, -0.1) is 32.8 Å². The highest BCUT2D eigenvalue weighted by Gasteiger charge is 2.67. The molecule has 4 aromatic rings. The van der Waals surface area contributed by atoms with E-state index in [1.54, 1.807) is 143 Å². The van der Waals surface area contributed by atoms with E-state index in [-0.39, 0.29) is 50.6 Å². The van der Waals surface area contributed by atoms with Gasteiger partial charge in [-0.3, -0.25) is 33.4 Å². The van der Waals surface area contributed by atoms with Gasteiger partial charge in [0.05, 0.1) is 42.7 Å². The van der Waals surface area contributed by atoms with E-state index >= 15 is 0 Å². The number of amides is 7. The van der Waals surface area contributed by atoms with E-state index in [1.807, 2.05) is 4.72 Å². The van der Waals surface area contributed by atoms with Gasteiger partial charge in [-0.25, -0.2) is 48.8 Å². The fourth-order valence-corrected chi connectivity index (χ4v) is 14.2. The summed E-state index contributed by atoms with van der Waals surface area (Å²) in [5, 5.41) is 41.5. The maximum Gasteiger partial charge on any atom is 0.408 e. The number of methoxy groups -OCH3 is 2. The average molecular weight is 1530 g/mol. The topological polar surface area (TPSA) is 442 Å². The van der Waals surface area contributed by atoms with Gasteiger partial charge in [0, 0.05) is 43.0 Å². The van der Waals surface area contributed by atoms with Crippen LogP contribution in [0.1, 0.15) is 147 Å². The molecule has 4 aliphatic carbocycles. The number of carboxylic acids is 1. The molecule has 4 heterocycles. The molecule has 0 spiro atoms. The Hall–Kier alpha value is -8.59. The number of likely N-dealkylation sites (tertiary alicyclic amines) is 2. The molecule has 2 saturated heterocycles. The number of nitrogens with zero attached hydrogens (tertiary/aromatic N) is 10. The first-order chi connectivity index (χ1) is 47.6. The zero-order valence-electron chi connectivity index (χ0n) is 59.9. The first kappa shape index (κ1) is 82.7. The molecule has 576 valence electrons. The van der Waals surface area contributed by atoms with Crippen LogP contribution in [0.3, 0.4) is 0 Å². The third kappa shape index (κ3) is 20.3. The van der Waals surface area contributed by atoms with Crippen LogP contribution in [0.25, 0.3) is 22.8 Å². The molecule has 2 aromatic heterocycles. The molecule has 2 aromatic carbocycles. The van der Waals surface area contributed by atoms with Crippen molar-refractivity contribution in [1.82, 2.24) is 75.6 Å². The third-order valence-corrected chi connectivity index (χ3v) is 21.4. The highest BCUT2D eigenvalue weighted by Crippen LogP contribution is 2.49. The van der Waals surface area contributed by atoms with E-state index < -0.39 is 179 Å². The van der Waals surface area contributed by atoms with Gasteiger partial charge >= 0.3 is 18.2 Å². The lowest BCUT2D eigenvalue weighted by atomic mass is 9.85. The van der Waals surface area contributed by atoms with E-state index in [1.165, 1.54) is 26.5 Å². The molecule has 6 aliphatic rings. The van der Waals surface area contributed by atoms with Crippen molar-refractivity contribution in [2.45, 2.75) is 216 Å². The van der Waals surface area contributed by atoms with Crippen LogP contribution in [0, 0.1) is 22.7 Å². The molecule has 10 rings (SSSR count). The number of aromatic nitrogens is 8. The summed E-state index contributed by atoms with van der Waals surface area (Å²) in [4.78, 5) is 109. The van der Waals surface area contributed by atoms with Crippen LogP contribution < -0.4 is 40.6 Å². The Morgan fingerprint density at radius 3 is 1.28 bits per heavy atom. The highest BCUT2D eigenvalue weighted by molar-refractivity contribution is 7.91. The number of ether oxygens (including phenoxy) is 4. The van der Waals surface area contributed by atoms with E-state index in [0.717, 1.165) is 5.56 Å². The molecular weight excluding hydrogens is 1440 g/mol. The number of alkyl halides is 4. The standard InChI is InChI=1S/C32H44F2N8O8S.C24H34N6O6.C8H12F2N2O3S.ClH/c1-30(2,3)23(35-29(46)50-31(4,5)6)27(44)41-16-18(42-38-25(37-40-42)17-8-10-19(49-7)11-9-17)14-22(41)26(43)36-32(15-21(32)24(33)34)28(45)39-51(47,48)20-12-13-20;1-23(2,3)18(25-22(34)36-24(4,5)6)20(31)29-13-15(12-17(29)21(32)33)30-27-19(26-28-30)14-8-10-16(35-7)11-9-14;9-6(10)5-3-8(5,11)7(13)12-16(14,15)4-1-2-4;/h8-11,18,20-24H,12-16H2,1-7H3,(H,35,46)(H,36,43)(H,39,45);8-11,15,17-18H,12-13H2,1-7H3,(H,25,34)(H,32,33);4-6H,1-3,11H2,(H,12,13);1H/t18-,21+,22+,23-,32-;15-,17+,18-;5-,8+;/m110./s1. The molecule has 104 heavy (non-hydrogen) atoms. The van der Waals surface area contributed by atoms with Crippen LogP contribution in [-0.4, -0.2) is 217 Å². The lowest BCUT2D eigenvalue weighted by Crippen LogP contribution is -2.60. The molecule has 6 fully saturated rings. The van der Waals surface area contributed by atoms with Crippen molar-refractivity contribution in [1.29, 1.82) is 0 Å². The Kier molecular flexibility index (Phi) is 24.8. The van der Waals surface area contributed by atoms with Gasteiger partial charge in [0.15, 0.2) is 0 Å². The quantitative estimate of drug-likeness (QED) is 0.0556. The average Bonchev–Trinajstić information content (AvgIpc) is 1.56. The van der Waals surface area contributed by atoms with Gasteiger partial charge in [0.2, 0.25) is 62.3 Å². The Balaban J connectivity index is 0.000000246. The van der Waals surface area contributed by atoms with Crippen LogP contribution >= 0.6 is 12.4 Å². The first-order valence-electron chi connectivity index (χ1n) is 33.1. The first-order valence-corrected chi connectivity index (χ1v) is 36.2. The minimum absolute atomic E-state index is 0. The number of sulfonamides is 2. The van der Waals surface area contributed by atoms with E-state index in [0.29, 0.717) is 48.6 Å². The zero-order chi connectivity index (χ0) is 76.7. The molecule has 10 atom stereocenters. The third-order valence-electron chi connectivity index (χ3n) is 17.7. The number of halogens is 5. The lowest BCUT2D eigenvalue weighted by molar-refractivity contribution is -0.150. The number of carbonyl (C=O) groups is 8. The second-order valence-electron chi connectivity index (χ2n) is 30.5. The van der Waals surface area contributed by atoms with Gasteiger partial charge in [0.1, 0.15) is 57.9 Å². The molecular formula is C64H91ClF4N16O17S2. The van der Waals surface area contributed by atoms with Crippen molar-refractivity contribution in [3.05, 3.63) is 48.5 Å². The summed E-state index contributed by atoms with van der Waals surface area (Å²) in [5.74, 6) is -6.57. The Bertz CT molecular complexity index is 4050. The molecule has 0 bridgehead atoms. The highest BCUT2D eigenvalue weighted by atomic mass is 35.5. The van der Waals surface area contributed by atoms with Crippen molar-refractivity contribution in [3.63, 3.8) is 0 Å². The Morgan fingerprint density at radius 1 is 0.577 bits per heavy atom. The Morgan fingerprint density at radius 2 is 0.952 bits per heavy atom. The van der Waals surface area contributed by atoms with Crippen molar-refractivity contribution in [2.24, 2.45) is 28.4 Å². The molecule has 0 radical (unpaired) electrons. The van der Waals surface area contributed by atoms with Crippen molar-refractivity contribution in [3.8, 4) is 34.3 Å². The van der Waals surface area contributed by atoms with Gasteiger partial charge in [-0.1, -0.05) is 41.5 Å². The summed E-state index contributed by atoms with van der Waals surface area (Å²) in [6.45, 7) is 20.5. The number of hydrogen-bond acceptors (Lipinski definition) is 23. The minimum Gasteiger partial charge on any atom is -0.497 e. The number of carbonyl (C=O) groups excluding carboxylic acids is 7. The van der Waals surface area contributed by atoms with Crippen LogP contribution in [0.4, 0.5) is 27.2 Å². The monoisotopic (exact) mass is 1530 g/mol. The van der Waals surface area contributed by atoms with Gasteiger partial charge in [-0.05, 0) is 150 Å². The summed E-state index contributed by atoms with van der Waals surface area (Å²) >= 11 is 0. The fourth-order valence-electron chi connectivity index (χ4n) is 11.5. The second-order valence-corrected chi connectivity index (χ2v) is 34.4. The number of hydrogen-bond donors (Lipinski definition) is 7. The van der Waals surface area contributed by atoms with E-state index in [2.05, 4.69) is 46.8 Å². The second kappa shape index (κ2) is 31.2. The molecule has 2 aliphatic heterocycles. The molecule has 33 nitrogen and oxygen atoms in total. The number of benzene rings is 2. The number of tetrazole rings is 2. The summed E-state index contributed by atoms with van der Waals surface area (Å²) in [5.41, 5.74) is -0.444. The van der Waals surface area contributed by atoms with E-state index in [4.69, 9.17) is 24.7 Å². The summed E-state index contributed by atoms with van der Waals surface area (Å²) in [6, 6.07) is 8.03. The van der Waals surface area contributed by atoms with Crippen molar-refractivity contribution >= 4 is 80.1 Å². The van der Waals surface area contributed by atoms with E-state index in [9.17, 15) is 77.9 Å². The van der Waals surface area contributed by atoms with Crippen LogP contribution in [0.15, 0.2) is 48.5 Å². The number of carboxylic acid groups (broad SMARTS) is 1. The number of nitrogens with two attached hydrogens (primary N) is 1. The smallest absolute Gasteiger partial charge is 0.408 e. The van der Waals surface area contributed by atoms with Gasteiger partial charge in [0.25, 0.3) is 11.8 Å². The summed E-state index contributed by atoms with van der Waals surface area (Å²) in [7, 11) is -4.73.